The molecule has 0 fully saturated rings. The van der Waals surface area contributed by atoms with Gasteiger partial charge in [0.05, 0.1) is 5.69 Å². The number of hydrogen-bond donors (Lipinski definition) is 2. The van der Waals surface area contributed by atoms with E-state index in [2.05, 4.69) is 4.98 Å². The normalized spacial score (nSPS) is 10.8. The quantitative estimate of drug-likeness (QED) is 0.734. The Bertz CT molecular complexity index is 313. The van der Waals surface area contributed by atoms with E-state index in [9.17, 15) is 8.78 Å². The zero-order valence-corrected chi connectivity index (χ0v) is 7.22. The standard InChI is InChI=1S/C8H11F2N3/c1-4-2-5(7(9)10)6(3-11)13-8(4)12/h2,7H,3,11H2,1H3,(H2,12,13). The second kappa shape index (κ2) is 3.66. The number of nitrogens with zero attached hydrogens (tertiary/aromatic N) is 1. The van der Waals surface area contributed by atoms with E-state index in [1.807, 2.05) is 0 Å². The van der Waals surface area contributed by atoms with Gasteiger partial charge < -0.3 is 11.5 Å². The van der Waals surface area contributed by atoms with E-state index in [0.29, 0.717) is 5.56 Å². The average molecular weight is 187 g/mol. The summed E-state index contributed by atoms with van der Waals surface area (Å²) >= 11 is 0. The van der Waals surface area contributed by atoms with Gasteiger partial charge in [0.25, 0.3) is 6.43 Å². The molecule has 1 rings (SSSR count). The van der Waals surface area contributed by atoms with Gasteiger partial charge in [-0.25, -0.2) is 13.8 Å². The molecule has 0 saturated heterocycles. The second-order valence-corrected chi connectivity index (χ2v) is 2.73. The SMILES string of the molecule is Cc1cc(C(F)F)c(CN)nc1N. The molecule has 0 bridgehead atoms. The summed E-state index contributed by atoms with van der Waals surface area (Å²) < 4.78 is 24.8. The zero-order valence-electron chi connectivity index (χ0n) is 7.22. The Kier molecular flexibility index (Phi) is 2.77. The first kappa shape index (κ1) is 9.85. The maximum absolute atomic E-state index is 12.4. The molecular weight excluding hydrogens is 176 g/mol. The van der Waals surface area contributed by atoms with Crippen LogP contribution in [0.4, 0.5) is 14.6 Å². The third kappa shape index (κ3) is 1.92. The van der Waals surface area contributed by atoms with Crippen molar-refractivity contribution in [2.75, 3.05) is 5.73 Å². The lowest BCUT2D eigenvalue weighted by molar-refractivity contribution is 0.149. The summed E-state index contributed by atoms with van der Waals surface area (Å²) in [4.78, 5) is 3.79. The lowest BCUT2D eigenvalue weighted by Gasteiger charge is -2.08. The maximum Gasteiger partial charge on any atom is 0.265 e. The van der Waals surface area contributed by atoms with Crippen molar-refractivity contribution in [3.8, 4) is 0 Å². The van der Waals surface area contributed by atoms with E-state index in [0.717, 1.165) is 0 Å². The lowest BCUT2D eigenvalue weighted by Crippen LogP contribution is -2.08. The van der Waals surface area contributed by atoms with Gasteiger partial charge in [-0.05, 0) is 18.6 Å². The minimum atomic E-state index is -2.55. The van der Waals surface area contributed by atoms with Crippen LogP contribution in [-0.2, 0) is 6.54 Å². The van der Waals surface area contributed by atoms with Crippen LogP contribution in [0.2, 0.25) is 0 Å². The first-order valence-corrected chi connectivity index (χ1v) is 3.80. The van der Waals surface area contributed by atoms with Crippen molar-refractivity contribution in [2.45, 2.75) is 19.9 Å². The molecule has 0 unspecified atom stereocenters. The molecule has 13 heavy (non-hydrogen) atoms. The van der Waals surface area contributed by atoms with Crippen LogP contribution in [0.1, 0.15) is 23.2 Å². The van der Waals surface area contributed by atoms with Gasteiger partial charge >= 0.3 is 0 Å². The predicted octanol–water partition coefficient (Wildman–Crippen LogP) is 1.37. The molecule has 0 radical (unpaired) electrons. The molecule has 4 N–H and O–H groups in total. The monoisotopic (exact) mass is 187 g/mol. The van der Waals surface area contributed by atoms with Crippen molar-refractivity contribution in [1.82, 2.24) is 4.98 Å². The summed E-state index contributed by atoms with van der Waals surface area (Å²) in [5.74, 6) is 0.254. The van der Waals surface area contributed by atoms with Crippen LogP contribution in [0, 0.1) is 6.92 Å². The van der Waals surface area contributed by atoms with Gasteiger partial charge in [0, 0.05) is 12.1 Å². The number of aryl methyl sites for hydroxylation is 1. The van der Waals surface area contributed by atoms with Gasteiger partial charge in [-0.3, -0.25) is 0 Å². The highest BCUT2D eigenvalue weighted by molar-refractivity contribution is 5.43. The van der Waals surface area contributed by atoms with Gasteiger partial charge in [0.1, 0.15) is 5.82 Å². The molecule has 0 aliphatic carbocycles. The number of nitrogens with two attached hydrogens (primary N) is 2. The first-order chi connectivity index (χ1) is 6.06. The van der Waals surface area contributed by atoms with E-state index in [-0.39, 0.29) is 23.6 Å². The summed E-state index contributed by atoms with van der Waals surface area (Å²) in [5, 5.41) is 0. The van der Waals surface area contributed by atoms with Gasteiger partial charge in [-0.15, -0.1) is 0 Å². The zero-order chi connectivity index (χ0) is 10.0. The van der Waals surface area contributed by atoms with Crippen molar-refractivity contribution < 1.29 is 8.78 Å². The van der Waals surface area contributed by atoms with Crippen LogP contribution in [-0.4, -0.2) is 4.98 Å². The van der Waals surface area contributed by atoms with Gasteiger partial charge in [0.15, 0.2) is 0 Å². The summed E-state index contributed by atoms with van der Waals surface area (Å²) in [5.41, 5.74) is 11.3. The van der Waals surface area contributed by atoms with Crippen LogP contribution in [0.15, 0.2) is 6.07 Å². The molecule has 1 aromatic rings. The highest BCUT2D eigenvalue weighted by Gasteiger charge is 2.14. The molecule has 0 atom stereocenters. The highest BCUT2D eigenvalue weighted by atomic mass is 19.3. The van der Waals surface area contributed by atoms with Gasteiger partial charge in [-0.1, -0.05) is 0 Å². The molecule has 0 amide bonds. The van der Waals surface area contributed by atoms with E-state index in [4.69, 9.17) is 11.5 Å². The number of rotatable bonds is 2. The van der Waals surface area contributed by atoms with E-state index < -0.39 is 6.43 Å². The lowest BCUT2D eigenvalue weighted by atomic mass is 10.1. The van der Waals surface area contributed by atoms with Crippen molar-refractivity contribution in [3.63, 3.8) is 0 Å². The van der Waals surface area contributed by atoms with Crippen molar-refractivity contribution >= 4 is 5.82 Å². The topological polar surface area (TPSA) is 64.9 Å². The summed E-state index contributed by atoms with van der Waals surface area (Å²) in [6.07, 6.45) is -2.55. The molecular formula is C8H11F2N3. The van der Waals surface area contributed by atoms with Crippen molar-refractivity contribution in [1.29, 1.82) is 0 Å². The maximum atomic E-state index is 12.4. The fourth-order valence-corrected chi connectivity index (χ4v) is 1.04. The molecule has 1 aromatic heterocycles. The second-order valence-electron chi connectivity index (χ2n) is 2.73. The Morgan fingerprint density at radius 3 is 2.62 bits per heavy atom. The van der Waals surface area contributed by atoms with Crippen LogP contribution < -0.4 is 11.5 Å². The molecule has 0 aliphatic heterocycles. The fraction of sp³-hybridized carbons (Fsp3) is 0.375. The number of nitrogen functional groups attached to an aromatic ring is 1. The van der Waals surface area contributed by atoms with Crippen LogP contribution >= 0.6 is 0 Å². The Morgan fingerprint density at radius 2 is 2.15 bits per heavy atom. The van der Waals surface area contributed by atoms with Gasteiger partial charge in [0.2, 0.25) is 0 Å². The molecule has 0 aromatic carbocycles. The minimum Gasteiger partial charge on any atom is -0.383 e. The molecule has 5 heteroatoms. The Hall–Kier alpha value is -1.23. The van der Waals surface area contributed by atoms with Crippen LogP contribution in [0.3, 0.4) is 0 Å². The summed E-state index contributed by atoms with van der Waals surface area (Å²) in [6, 6.07) is 1.33. The molecule has 1 heterocycles. The third-order valence-electron chi connectivity index (χ3n) is 1.79. The van der Waals surface area contributed by atoms with E-state index >= 15 is 0 Å². The van der Waals surface area contributed by atoms with Crippen LogP contribution in [0.25, 0.3) is 0 Å². The smallest absolute Gasteiger partial charge is 0.265 e. The molecule has 0 spiro atoms. The predicted molar refractivity (Wildman–Crippen MR) is 46.2 cm³/mol. The average Bonchev–Trinajstić information content (AvgIpc) is 2.08. The van der Waals surface area contributed by atoms with Crippen molar-refractivity contribution in [2.24, 2.45) is 5.73 Å². The van der Waals surface area contributed by atoms with E-state index in [1.54, 1.807) is 6.92 Å². The molecule has 0 saturated carbocycles. The molecule has 0 aliphatic rings. The highest BCUT2D eigenvalue weighted by Crippen LogP contribution is 2.24. The molecule has 3 nitrogen and oxygen atoms in total. The van der Waals surface area contributed by atoms with Crippen LogP contribution in [0.5, 0.6) is 0 Å². The number of halogens is 2. The molecule has 72 valence electrons. The van der Waals surface area contributed by atoms with E-state index in [1.165, 1.54) is 6.07 Å². The Labute approximate surface area is 74.8 Å². The van der Waals surface area contributed by atoms with Gasteiger partial charge in [-0.2, -0.15) is 0 Å². The number of anilines is 1. The summed E-state index contributed by atoms with van der Waals surface area (Å²) in [7, 11) is 0. The minimum absolute atomic E-state index is 0.0237. The number of alkyl halides is 2. The Morgan fingerprint density at radius 1 is 1.54 bits per heavy atom. The number of hydrogen-bond acceptors (Lipinski definition) is 3. The Balaban J connectivity index is 3.25. The van der Waals surface area contributed by atoms with Crippen molar-refractivity contribution in [3.05, 3.63) is 22.9 Å². The summed E-state index contributed by atoms with van der Waals surface area (Å²) in [6.45, 7) is 1.61. The third-order valence-corrected chi connectivity index (χ3v) is 1.79. The first-order valence-electron chi connectivity index (χ1n) is 3.80. The number of pyridine rings is 1. The fourth-order valence-electron chi connectivity index (χ4n) is 1.04. The largest absolute Gasteiger partial charge is 0.383 e. The number of aromatic nitrogens is 1.